The molecule has 0 unspecified atom stereocenters. The number of pyridine rings is 2. The van der Waals surface area contributed by atoms with Crippen LogP contribution in [0.25, 0.3) is 11.3 Å². The highest BCUT2D eigenvalue weighted by Gasteiger charge is 2.25. The van der Waals surface area contributed by atoms with Gasteiger partial charge in [0.25, 0.3) is 21.8 Å². The Balaban J connectivity index is 1.82. The molecule has 0 bridgehead atoms. The Bertz CT molecular complexity index is 1430. The number of ether oxygens (including phenoxy) is 2. The lowest BCUT2D eigenvalue weighted by molar-refractivity contribution is -0.115. The molecule has 0 saturated carbocycles. The van der Waals surface area contributed by atoms with Crippen LogP contribution in [-0.4, -0.2) is 44.4 Å². The largest absolute Gasteiger partial charge is 0.495 e. The smallest absolute Gasteiger partial charge is 0.295 e. The predicted molar refractivity (Wildman–Crippen MR) is 130 cm³/mol. The van der Waals surface area contributed by atoms with Gasteiger partial charge in [-0.2, -0.15) is 0 Å². The Kier molecular flexibility index (Phi) is 8.21. The van der Waals surface area contributed by atoms with E-state index in [4.69, 9.17) is 15.9 Å². The Morgan fingerprint density at radius 1 is 1.08 bits per heavy atom. The summed E-state index contributed by atoms with van der Waals surface area (Å²) in [6.07, 6.45) is 6.61. The number of sulfonamides is 1. The number of rotatable bonds is 9. The fraction of sp³-hybridized carbons (Fsp3) is 0.167. The number of nitrogens with one attached hydrogen (secondary N) is 3. The van der Waals surface area contributed by atoms with Crippen LogP contribution in [0.5, 0.6) is 11.5 Å². The highest BCUT2D eigenvalue weighted by Crippen LogP contribution is 2.32. The average molecular weight is 510 g/mol. The van der Waals surface area contributed by atoms with E-state index >= 15 is 0 Å². The molecule has 0 saturated heterocycles. The molecule has 3 rings (SSSR count). The van der Waals surface area contributed by atoms with Gasteiger partial charge in [-0.1, -0.05) is 6.07 Å². The van der Waals surface area contributed by atoms with Gasteiger partial charge in [-0.05, 0) is 54.8 Å². The molecule has 0 radical (unpaired) electrons. The number of carbonyl (C=O) groups is 2. The summed E-state index contributed by atoms with van der Waals surface area (Å²) in [5.41, 5.74) is 4.43. The van der Waals surface area contributed by atoms with Crippen molar-refractivity contribution < 1.29 is 27.5 Å². The van der Waals surface area contributed by atoms with E-state index in [1.165, 1.54) is 32.4 Å². The van der Waals surface area contributed by atoms with Gasteiger partial charge in [0, 0.05) is 24.0 Å². The molecule has 2 amide bonds. The zero-order valence-corrected chi connectivity index (χ0v) is 20.5. The van der Waals surface area contributed by atoms with Gasteiger partial charge in [0.05, 0.1) is 19.9 Å². The van der Waals surface area contributed by atoms with Gasteiger partial charge in [-0.25, -0.2) is 13.4 Å². The van der Waals surface area contributed by atoms with Crippen LogP contribution < -0.4 is 25.0 Å². The topological polar surface area (TPSA) is 149 Å². The van der Waals surface area contributed by atoms with E-state index in [9.17, 15) is 18.0 Å². The van der Waals surface area contributed by atoms with Crippen molar-refractivity contribution in [1.82, 2.24) is 25.5 Å². The number of hydrazine groups is 1. The molecule has 11 nitrogen and oxygen atoms in total. The van der Waals surface area contributed by atoms with Gasteiger partial charge in [-0.3, -0.25) is 20.0 Å². The first-order valence-electron chi connectivity index (χ1n) is 10.4. The minimum atomic E-state index is -4.26. The summed E-state index contributed by atoms with van der Waals surface area (Å²) in [4.78, 5) is 34.4. The van der Waals surface area contributed by atoms with Gasteiger partial charge in [-0.15, -0.1) is 11.3 Å². The monoisotopic (exact) mass is 509 g/mol. The minimum Gasteiger partial charge on any atom is -0.495 e. The number of hydrogen-bond acceptors (Lipinski definition) is 8. The Morgan fingerprint density at radius 2 is 1.78 bits per heavy atom. The predicted octanol–water partition coefficient (Wildman–Crippen LogP) is 1.34. The molecule has 3 N–H and O–H groups in total. The Labute approximate surface area is 208 Å². The van der Waals surface area contributed by atoms with Crippen molar-refractivity contribution in [3.63, 3.8) is 0 Å². The molecule has 186 valence electrons. The highest BCUT2D eigenvalue weighted by atomic mass is 32.2. The number of hydrogen-bond donors (Lipinski definition) is 3. The van der Waals surface area contributed by atoms with Crippen LogP contribution >= 0.6 is 0 Å². The molecule has 0 aliphatic rings. The molecule has 0 aliphatic carbocycles. The molecule has 36 heavy (non-hydrogen) atoms. The van der Waals surface area contributed by atoms with Crippen molar-refractivity contribution in [2.24, 2.45) is 0 Å². The fourth-order valence-electron chi connectivity index (χ4n) is 3.22. The van der Waals surface area contributed by atoms with E-state index in [-0.39, 0.29) is 28.6 Å². The van der Waals surface area contributed by atoms with Gasteiger partial charge in [0.2, 0.25) is 0 Å². The molecule has 3 aromatic rings. The Morgan fingerprint density at radius 3 is 2.42 bits per heavy atom. The number of amides is 2. The highest BCUT2D eigenvalue weighted by molar-refractivity contribution is 7.89. The third-order valence-electron chi connectivity index (χ3n) is 4.84. The quantitative estimate of drug-likeness (QED) is 0.289. The first kappa shape index (κ1) is 26.1. The molecule has 2 aromatic heterocycles. The van der Waals surface area contributed by atoms with Crippen LogP contribution in [-0.2, 0) is 21.4 Å². The first-order valence-corrected chi connectivity index (χ1v) is 11.9. The summed E-state index contributed by atoms with van der Waals surface area (Å²) in [6.45, 7) is 1.88. The van der Waals surface area contributed by atoms with E-state index in [0.29, 0.717) is 17.0 Å². The second-order valence-electron chi connectivity index (χ2n) is 7.31. The molecular formula is C24H23N5O6S. The van der Waals surface area contributed by atoms with Crippen LogP contribution in [0.3, 0.4) is 0 Å². The van der Waals surface area contributed by atoms with Crippen LogP contribution in [0, 0.1) is 19.3 Å². The number of aryl methyl sites for hydroxylation is 1. The van der Waals surface area contributed by atoms with E-state index in [1.807, 2.05) is 10.8 Å². The van der Waals surface area contributed by atoms with E-state index in [1.54, 1.807) is 37.4 Å². The third-order valence-corrected chi connectivity index (χ3v) is 6.15. The SMILES string of the molecule is C#CC(=O)NCc1ccnc(-c2cc(C)nc(C(=O)NNS(=O)(=O)c3c(OC)cccc3OC)c2)c1. The maximum Gasteiger partial charge on any atom is 0.295 e. The number of aromatic nitrogens is 2. The zero-order chi connectivity index (χ0) is 26.3. The molecule has 12 heteroatoms. The molecule has 0 fully saturated rings. The molecule has 0 spiro atoms. The van der Waals surface area contributed by atoms with Crippen molar-refractivity contribution >= 4 is 21.8 Å². The van der Waals surface area contributed by atoms with E-state index in [2.05, 4.69) is 20.7 Å². The summed E-state index contributed by atoms with van der Waals surface area (Å²) in [7, 11) is -1.63. The van der Waals surface area contributed by atoms with Crippen LogP contribution in [0.2, 0.25) is 0 Å². The van der Waals surface area contributed by atoms with Gasteiger partial charge in [0.15, 0.2) is 4.90 Å². The van der Waals surface area contributed by atoms with Crippen LogP contribution in [0.4, 0.5) is 0 Å². The van der Waals surface area contributed by atoms with Crippen molar-refractivity contribution in [3.05, 3.63) is 65.6 Å². The number of nitrogens with zero attached hydrogens (tertiary/aromatic N) is 2. The maximum absolute atomic E-state index is 12.9. The third kappa shape index (κ3) is 6.15. The molecular weight excluding hydrogens is 486 g/mol. The fourth-order valence-corrected chi connectivity index (χ4v) is 4.38. The summed E-state index contributed by atoms with van der Waals surface area (Å²) >= 11 is 0. The van der Waals surface area contributed by atoms with Gasteiger partial charge >= 0.3 is 0 Å². The molecule has 1 aromatic carbocycles. The average Bonchev–Trinajstić information content (AvgIpc) is 2.89. The van der Waals surface area contributed by atoms with Gasteiger partial charge in [0.1, 0.15) is 17.2 Å². The number of terminal acetylenes is 1. The zero-order valence-electron chi connectivity index (χ0n) is 19.7. The van der Waals surface area contributed by atoms with Crippen molar-refractivity contribution in [2.45, 2.75) is 18.4 Å². The molecule has 0 aliphatic heterocycles. The second-order valence-corrected chi connectivity index (χ2v) is 8.93. The lowest BCUT2D eigenvalue weighted by Gasteiger charge is -2.14. The minimum absolute atomic E-state index is 0.0384. The number of benzene rings is 1. The van der Waals surface area contributed by atoms with Crippen LogP contribution in [0.1, 0.15) is 21.7 Å². The summed E-state index contributed by atoms with van der Waals surface area (Å²) in [5, 5.41) is 2.57. The molecule has 2 heterocycles. The second kappa shape index (κ2) is 11.3. The van der Waals surface area contributed by atoms with Crippen molar-refractivity contribution in [3.8, 4) is 35.1 Å². The number of methoxy groups -OCH3 is 2. The van der Waals surface area contributed by atoms with Crippen molar-refractivity contribution in [2.75, 3.05) is 14.2 Å². The van der Waals surface area contributed by atoms with E-state index in [0.717, 1.165) is 5.56 Å². The summed E-state index contributed by atoms with van der Waals surface area (Å²) in [5.74, 6) is 0.712. The lowest BCUT2D eigenvalue weighted by atomic mass is 10.1. The summed E-state index contributed by atoms with van der Waals surface area (Å²) in [6, 6.07) is 11.1. The van der Waals surface area contributed by atoms with E-state index < -0.39 is 21.8 Å². The first-order chi connectivity index (χ1) is 17.2. The van der Waals surface area contributed by atoms with Crippen molar-refractivity contribution in [1.29, 1.82) is 0 Å². The standard InChI is InChI=1S/C24H23N5O6S/c1-5-22(30)26-14-16-9-10-25-18(12-16)17-11-15(2)27-19(13-17)24(31)28-29-36(32,33)23-20(34-3)7-6-8-21(23)35-4/h1,6-13,29H,14H2,2-4H3,(H,26,30)(H,28,31). The maximum atomic E-state index is 12.9. The molecule has 0 atom stereocenters. The number of carbonyl (C=O) groups excluding carboxylic acids is 2. The normalized spacial score (nSPS) is 10.7. The summed E-state index contributed by atoms with van der Waals surface area (Å²) < 4.78 is 36.0. The lowest BCUT2D eigenvalue weighted by Crippen LogP contribution is -2.42. The van der Waals surface area contributed by atoms with Gasteiger partial charge < -0.3 is 14.8 Å². The van der Waals surface area contributed by atoms with Crippen LogP contribution in [0.15, 0.2) is 53.6 Å². The Hall–Kier alpha value is -4.47.